The number of nitrogens with zero attached hydrogens (tertiary/aromatic N) is 1. The number of carbonyl (C=O) groups is 1. The second kappa shape index (κ2) is 7.15. The molecule has 0 amide bonds. The minimum Gasteiger partial charge on any atom is -0.497 e. The lowest BCUT2D eigenvalue weighted by molar-refractivity contribution is -0.385. The number of ketones is 1. The highest BCUT2D eigenvalue weighted by molar-refractivity contribution is 6.04. The number of rotatable bonds is 4. The van der Waals surface area contributed by atoms with Gasteiger partial charge in [0.1, 0.15) is 17.6 Å². The molecule has 0 N–H and O–H groups in total. The van der Waals surface area contributed by atoms with Crippen LogP contribution >= 0.6 is 0 Å². The Morgan fingerprint density at radius 1 is 0.964 bits per heavy atom. The third kappa shape index (κ3) is 3.09. The molecule has 6 heteroatoms. The van der Waals surface area contributed by atoms with Gasteiger partial charge in [0.2, 0.25) is 0 Å². The molecule has 0 fully saturated rings. The van der Waals surface area contributed by atoms with Gasteiger partial charge in [-0.05, 0) is 17.7 Å². The number of nitro groups is 1. The fourth-order valence-electron chi connectivity index (χ4n) is 3.50. The zero-order chi connectivity index (χ0) is 19.7. The van der Waals surface area contributed by atoms with Crippen LogP contribution in [0.2, 0.25) is 0 Å². The van der Waals surface area contributed by atoms with Crippen LogP contribution in [0.5, 0.6) is 11.5 Å². The summed E-state index contributed by atoms with van der Waals surface area (Å²) in [6, 6.07) is 20.6. The Balaban J connectivity index is 1.87. The first kappa shape index (κ1) is 17.7. The second-order valence-corrected chi connectivity index (χ2v) is 6.51. The van der Waals surface area contributed by atoms with Crippen molar-refractivity contribution in [1.82, 2.24) is 0 Å². The van der Waals surface area contributed by atoms with Gasteiger partial charge in [0.05, 0.1) is 23.5 Å². The molecule has 0 aliphatic carbocycles. The van der Waals surface area contributed by atoms with Gasteiger partial charge in [-0.1, -0.05) is 42.5 Å². The Hall–Kier alpha value is -3.67. The van der Waals surface area contributed by atoms with Gasteiger partial charge in [-0.15, -0.1) is 0 Å². The monoisotopic (exact) mass is 375 g/mol. The average Bonchev–Trinajstić information content (AvgIpc) is 2.74. The molecule has 0 bridgehead atoms. The first-order chi connectivity index (χ1) is 13.6. The van der Waals surface area contributed by atoms with Gasteiger partial charge in [0.25, 0.3) is 5.69 Å². The standard InChI is InChI=1S/C22H17NO5/c1-27-17-10-11-18-19(13-17)28-22(15-8-5-9-16(12-15)23(25)26)20(21(18)24)14-6-3-2-4-7-14/h2-13,20,22H,1H3/t20-,22+/m0/s1. The molecule has 1 heterocycles. The number of hydrogen-bond donors (Lipinski definition) is 0. The first-order valence-corrected chi connectivity index (χ1v) is 8.76. The van der Waals surface area contributed by atoms with E-state index in [1.807, 2.05) is 30.3 Å². The van der Waals surface area contributed by atoms with E-state index in [2.05, 4.69) is 0 Å². The molecule has 1 aliphatic rings. The van der Waals surface area contributed by atoms with E-state index in [1.165, 1.54) is 19.2 Å². The summed E-state index contributed by atoms with van der Waals surface area (Å²) in [5.74, 6) is 0.284. The predicted octanol–water partition coefficient (Wildman–Crippen LogP) is 4.70. The lowest BCUT2D eigenvalue weighted by Gasteiger charge is -2.33. The van der Waals surface area contributed by atoms with Gasteiger partial charge < -0.3 is 9.47 Å². The number of ether oxygens (including phenoxy) is 2. The molecule has 140 valence electrons. The largest absolute Gasteiger partial charge is 0.497 e. The molecule has 0 aromatic heterocycles. The minimum atomic E-state index is -0.686. The van der Waals surface area contributed by atoms with Gasteiger partial charge >= 0.3 is 0 Å². The zero-order valence-corrected chi connectivity index (χ0v) is 15.1. The van der Waals surface area contributed by atoms with E-state index in [-0.39, 0.29) is 11.5 Å². The molecule has 0 saturated heterocycles. The molecule has 1 aliphatic heterocycles. The molecule has 4 rings (SSSR count). The Morgan fingerprint density at radius 3 is 2.43 bits per heavy atom. The van der Waals surface area contributed by atoms with Crippen molar-refractivity contribution in [2.45, 2.75) is 12.0 Å². The lowest BCUT2D eigenvalue weighted by Crippen LogP contribution is -2.30. The zero-order valence-electron chi connectivity index (χ0n) is 15.1. The van der Waals surface area contributed by atoms with Crippen molar-refractivity contribution in [3.63, 3.8) is 0 Å². The predicted molar refractivity (Wildman–Crippen MR) is 103 cm³/mol. The number of fused-ring (bicyclic) bond motifs is 1. The highest BCUT2D eigenvalue weighted by Crippen LogP contribution is 2.45. The van der Waals surface area contributed by atoms with Crippen LogP contribution in [0.25, 0.3) is 0 Å². The van der Waals surface area contributed by atoms with Gasteiger partial charge in [0, 0.05) is 23.8 Å². The summed E-state index contributed by atoms with van der Waals surface area (Å²) in [6.45, 7) is 0. The Morgan fingerprint density at radius 2 is 1.71 bits per heavy atom. The highest BCUT2D eigenvalue weighted by atomic mass is 16.6. The summed E-state index contributed by atoms with van der Waals surface area (Å²) in [4.78, 5) is 24.1. The van der Waals surface area contributed by atoms with Crippen molar-refractivity contribution in [1.29, 1.82) is 0 Å². The van der Waals surface area contributed by atoms with Crippen LogP contribution in [0, 0.1) is 10.1 Å². The van der Waals surface area contributed by atoms with Gasteiger partial charge in [-0.25, -0.2) is 0 Å². The molecule has 3 aromatic rings. The molecule has 0 unspecified atom stereocenters. The summed E-state index contributed by atoms with van der Waals surface area (Å²) in [7, 11) is 1.54. The van der Waals surface area contributed by atoms with Gasteiger partial charge in [-0.3, -0.25) is 14.9 Å². The smallest absolute Gasteiger partial charge is 0.269 e. The molecule has 3 aromatic carbocycles. The topological polar surface area (TPSA) is 78.7 Å². The van der Waals surface area contributed by atoms with Crippen LogP contribution in [-0.2, 0) is 0 Å². The average molecular weight is 375 g/mol. The molecule has 0 radical (unpaired) electrons. The van der Waals surface area contributed by atoms with E-state index in [0.29, 0.717) is 22.6 Å². The molecule has 0 spiro atoms. The Bertz CT molecular complexity index is 1050. The van der Waals surface area contributed by atoms with Gasteiger partial charge in [0.15, 0.2) is 5.78 Å². The van der Waals surface area contributed by atoms with Crippen LogP contribution in [-0.4, -0.2) is 17.8 Å². The molecule has 2 atom stereocenters. The van der Waals surface area contributed by atoms with E-state index >= 15 is 0 Å². The Kier molecular flexibility index (Phi) is 4.53. The number of nitro benzene ring substituents is 1. The van der Waals surface area contributed by atoms with E-state index < -0.39 is 16.9 Å². The molecular weight excluding hydrogens is 358 g/mol. The van der Waals surface area contributed by atoms with Crippen LogP contribution in [0.3, 0.4) is 0 Å². The first-order valence-electron chi connectivity index (χ1n) is 8.76. The second-order valence-electron chi connectivity index (χ2n) is 6.51. The number of methoxy groups -OCH3 is 1. The van der Waals surface area contributed by atoms with Crippen LogP contribution in [0.1, 0.15) is 33.5 Å². The summed E-state index contributed by atoms with van der Waals surface area (Å²) in [5, 5.41) is 11.2. The number of Topliss-reactive ketones (excluding diaryl/α,β-unsaturated/α-hetero) is 1. The summed E-state index contributed by atoms with van der Waals surface area (Å²) in [5.41, 5.74) is 1.79. The fourth-order valence-corrected chi connectivity index (χ4v) is 3.50. The van der Waals surface area contributed by atoms with Gasteiger partial charge in [-0.2, -0.15) is 0 Å². The van der Waals surface area contributed by atoms with Crippen molar-refractivity contribution < 1.29 is 19.2 Å². The summed E-state index contributed by atoms with van der Waals surface area (Å²) in [6.07, 6.45) is -0.686. The van der Waals surface area contributed by atoms with E-state index in [0.717, 1.165) is 5.56 Å². The maximum absolute atomic E-state index is 13.4. The normalized spacial score (nSPS) is 18.1. The highest BCUT2D eigenvalue weighted by Gasteiger charge is 2.39. The van der Waals surface area contributed by atoms with Crippen molar-refractivity contribution in [3.05, 3.63) is 99.6 Å². The lowest BCUT2D eigenvalue weighted by atomic mass is 9.81. The van der Waals surface area contributed by atoms with Crippen molar-refractivity contribution in [3.8, 4) is 11.5 Å². The van der Waals surface area contributed by atoms with Crippen molar-refractivity contribution >= 4 is 11.5 Å². The van der Waals surface area contributed by atoms with Crippen LogP contribution in [0.15, 0.2) is 72.8 Å². The number of non-ortho nitro benzene ring substituents is 1. The fraction of sp³-hybridized carbons (Fsp3) is 0.136. The van der Waals surface area contributed by atoms with Crippen molar-refractivity contribution in [2.24, 2.45) is 0 Å². The van der Waals surface area contributed by atoms with Crippen LogP contribution in [0.4, 0.5) is 5.69 Å². The molecule has 28 heavy (non-hydrogen) atoms. The van der Waals surface area contributed by atoms with E-state index in [1.54, 1.807) is 30.3 Å². The van der Waals surface area contributed by atoms with Crippen molar-refractivity contribution in [2.75, 3.05) is 7.11 Å². The Labute approximate surface area is 161 Å². The molecule has 6 nitrogen and oxygen atoms in total. The molecule has 0 saturated carbocycles. The SMILES string of the molecule is COc1ccc2c(c1)O[C@H](c1cccc([N+](=O)[O-])c1)[C@@H](c1ccccc1)C2=O. The maximum atomic E-state index is 13.4. The number of hydrogen-bond acceptors (Lipinski definition) is 5. The quantitative estimate of drug-likeness (QED) is 0.488. The maximum Gasteiger partial charge on any atom is 0.269 e. The number of carbonyl (C=O) groups excluding carboxylic acids is 1. The summed E-state index contributed by atoms with van der Waals surface area (Å²) < 4.78 is 11.4. The number of benzene rings is 3. The van der Waals surface area contributed by atoms with E-state index in [9.17, 15) is 14.9 Å². The summed E-state index contributed by atoms with van der Waals surface area (Å²) >= 11 is 0. The minimum absolute atomic E-state index is 0.0446. The molecular formula is C22H17NO5. The van der Waals surface area contributed by atoms with E-state index in [4.69, 9.17) is 9.47 Å². The third-order valence-electron chi connectivity index (χ3n) is 4.86. The van der Waals surface area contributed by atoms with Crippen LogP contribution < -0.4 is 9.47 Å². The third-order valence-corrected chi connectivity index (χ3v) is 4.86.